The summed E-state index contributed by atoms with van der Waals surface area (Å²) in [6.45, 7) is 0.495. The number of carbonyl (C=O) groups is 2. The minimum Gasteiger partial charge on any atom is -0.664 e. The lowest BCUT2D eigenvalue weighted by atomic mass is 9.75. The van der Waals surface area contributed by atoms with Gasteiger partial charge in [-0.3, -0.25) is 9.59 Å². The van der Waals surface area contributed by atoms with Crippen LogP contribution < -0.4 is 15.0 Å². The van der Waals surface area contributed by atoms with Crippen molar-refractivity contribution in [2.24, 2.45) is 5.92 Å². The fourth-order valence-corrected chi connectivity index (χ4v) is 6.56. The molecule has 0 amide bonds. The van der Waals surface area contributed by atoms with Crippen molar-refractivity contribution in [3.8, 4) is 17.2 Å². The smallest absolute Gasteiger partial charge is 0.162 e. The first-order valence-electron chi connectivity index (χ1n) is 15.7. The zero-order chi connectivity index (χ0) is 30.2. The third-order valence-electron chi connectivity index (χ3n) is 8.81. The maximum absolute atomic E-state index is 13.5. The van der Waals surface area contributed by atoms with E-state index < -0.39 is 0 Å². The zero-order valence-corrected chi connectivity index (χ0v) is 25.1. The first-order chi connectivity index (χ1) is 20.9. The number of hydrogen-bond acceptors (Lipinski definition) is 6. The summed E-state index contributed by atoms with van der Waals surface area (Å²) in [5.41, 5.74) is 4.76. The third kappa shape index (κ3) is 7.96. The molecule has 0 bridgehead atoms. The molecule has 0 spiro atoms. The number of nitrogens with zero attached hydrogens (tertiary/aromatic N) is 1. The number of fused-ring (bicyclic) bond motifs is 1. The number of phenolic OH excluding ortho intramolecular Hbond substituents is 2. The SMILES string of the molecule is CNCc1cc(CCC(=O)CC(=O)[C@@H]2C=Cc3[n-]ccc3[C@H]2CCCCc2cccc(O)c2)cc(OC2CCCC2)c1O. The molecule has 1 heterocycles. The highest BCUT2D eigenvalue weighted by Crippen LogP contribution is 2.39. The van der Waals surface area contributed by atoms with Gasteiger partial charge in [0.25, 0.3) is 0 Å². The molecule has 2 aliphatic carbocycles. The predicted molar refractivity (Wildman–Crippen MR) is 167 cm³/mol. The molecule has 3 N–H and O–H groups in total. The number of unbranched alkanes of at least 4 members (excludes halogenated alkanes) is 1. The highest BCUT2D eigenvalue weighted by atomic mass is 16.5. The van der Waals surface area contributed by atoms with E-state index in [0.717, 1.165) is 79.3 Å². The first-order valence-corrected chi connectivity index (χ1v) is 15.7. The van der Waals surface area contributed by atoms with Crippen LogP contribution >= 0.6 is 0 Å². The molecule has 2 aromatic carbocycles. The number of benzene rings is 2. The molecular formula is C36H43N2O5-. The summed E-state index contributed by atoms with van der Waals surface area (Å²) in [4.78, 5) is 31.0. The predicted octanol–water partition coefficient (Wildman–Crippen LogP) is 6.40. The Morgan fingerprint density at radius 1 is 1.02 bits per heavy atom. The van der Waals surface area contributed by atoms with Crippen LogP contribution in [0.4, 0.5) is 0 Å². The van der Waals surface area contributed by atoms with E-state index in [9.17, 15) is 19.8 Å². The van der Waals surface area contributed by atoms with Crippen molar-refractivity contribution in [2.75, 3.05) is 7.05 Å². The molecule has 0 aliphatic heterocycles. The van der Waals surface area contributed by atoms with Gasteiger partial charge in [-0.25, -0.2) is 0 Å². The number of rotatable bonds is 15. The fraction of sp³-hybridized carbons (Fsp3) is 0.444. The summed E-state index contributed by atoms with van der Waals surface area (Å²) >= 11 is 0. The molecule has 5 rings (SSSR count). The van der Waals surface area contributed by atoms with Crippen LogP contribution in [0.2, 0.25) is 0 Å². The van der Waals surface area contributed by atoms with Crippen LogP contribution in [0.15, 0.2) is 54.7 Å². The van der Waals surface area contributed by atoms with E-state index in [1.54, 1.807) is 18.3 Å². The average Bonchev–Trinajstić information content (AvgIpc) is 3.69. The van der Waals surface area contributed by atoms with Crippen molar-refractivity contribution in [2.45, 2.75) is 89.2 Å². The van der Waals surface area contributed by atoms with Gasteiger partial charge >= 0.3 is 0 Å². The summed E-state index contributed by atoms with van der Waals surface area (Å²) in [6.07, 6.45) is 14.2. The molecule has 7 nitrogen and oxygen atoms in total. The van der Waals surface area contributed by atoms with E-state index in [1.807, 2.05) is 49.5 Å². The molecule has 1 aromatic heterocycles. The normalized spacial score (nSPS) is 18.1. The van der Waals surface area contributed by atoms with Gasteiger partial charge in [0, 0.05) is 24.4 Å². The highest BCUT2D eigenvalue weighted by molar-refractivity contribution is 6.01. The number of phenols is 2. The molecule has 7 heteroatoms. The number of ether oxygens (including phenoxy) is 1. The van der Waals surface area contributed by atoms with Gasteiger partial charge in [0.2, 0.25) is 0 Å². The second-order valence-corrected chi connectivity index (χ2v) is 12.0. The van der Waals surface area contributed by atoms with Crippen LogP contribution in [0.1, 0.15) is 91.7 Å². The van der Waals surface area contributed by atoms with Crippen molar-refractivity contribution in [3.05, 3.63) is 82.7 Å². The van der Waals surface area contributed by atoms with Crippen LogP contribution in [0, 0.1) is 5.92 Å². The van der Waals surface area contributed by atoms with Gasteiger partial charge in [-0.1, -0.05) is 48.4 Å². The summed E-state index contributed by atoms with van der Waals surface area (Å²) in [5.74, 6) is 0.458. The molecule has 2 atom stereocenters. The number of nitrogens with one attached hydrogen (secondary N) is 1. The topological polar surface area (TPSA) is 110 Å². The van der Waals surface area contributed by atoms with Gasteiger partial charge < -0.3 is 25.3 Å². The minimum absolute atomic E-state index is 0.00321. The molecule has 1 saturated carbocycles. The molecule has 0 radical (unpaired) electrons. The lowest BCUT2D eigenvalue weighted by molar-refractivity contribution is -0.128. The molecule has 2 aliphatic rings. The highest BCUT2D eigenvalue weighted by Gasteiger charge is 2.30. The number of aryl methyl sites for hydroxylation is 2. The van der Waals surface area contributed by atoms with Crippen LogP contribution in [0.5, 0.6) is 17.2 Å². The summed E-state index contributed by atoms with van der Waals surface area (Å²) in [5, 5.41) is 23.6. The summed E-state index contributed by atoms with van der Waals surface area (Å²) in [7, 11) is 1.83. The molecule has 0 unspecified atom stereocenters. The number of aromatic hydroxyl groups is 2. The van der Waals surface area contributed by atoms with Gasteiger partial charge in [-0.2, -0.15) is 6.20 Å². The molecule has 3 aromatic rings. The Kier molecular flexibility index (Phi) is 10.4. The quantitative estimate of drug-likeness (QED) is 0.140. The summed E-state index contributed by atoms with van der Waals surface area (Å²) in [6, 6.07) is 13.1. The van der Waals surface area contributed by atoms with E-state index in [0.29, 0.717) is 18.7 Å². The third-order valence-corrected chi connectivity index (χ3v) is 8.81. The number of allylic oxidation sites excluding steroid dienone is 1. The Morgan fingerprint density at radius 3 is 2.65 bits per heavy atom. The van der Waals surface area contributed by atoms with Gasteiger partial charge in [0.05, 0.1) is 12.5 Å². The van der Waals surface area contributed by atoms with Gasteiger partial charge in [0.15, 0.2) is 11.5 Å². The van der Waals surface area contributed by atoms with Crippen LogP contribution in [0.3, 0.4) is 0 Å². The zero-order valence-electron chi connectivity index (χ0n) is 25.1. The van der Waals surface area contributed by atoms with Crippen LogP contribution in [0.25, 0.3) is 6.08 Å². The number of aromatic nitrogens is 1. The van der Waals surface area contributed by atoms with Crippen molar-refractivity contribution in [3.63, 3.8) is 0 Å². The lowest BCUT2D eigenvalue weighted by Gasteiger charge is -2.30. The van der Waals surface area contributed by atoms with Crippen molar-refractivity contribution in [1.29, 1.82) is 0 Å². The Labute approximate surface area is 254 Å². The first kappa shape index (κ1) is 30.6. The van der Waals surface area contributed by atoms with E-state index in [2.05, 4.69) is 10.3 Å². The Balaban J connectivity index is 1.18. The van der Waals surface area contributed by atoms with Gasteiger partial charge in [-0.05, 0) is 93.7 Å². The monoisotopic (exact) mass is 583 g/mol. The molecule has 0 saturated heterocycles. The Hall–Kier alpha value is -3.84. The maximum atomic E-state index is 13.5. The van der Waals surface area contributed by atoms with Crippen molar-refractivity contribution >= 4 is 17.6 Å². The van der Waals surface area contributed by atoms with Crippen LogP contribution in [-0.2, 0) is 29.0 Å². The second-order valence-electron chi connectivity index (χ2n) is 12.0. The Bertz CT molecular complexity index is 1440. The molecule has 228 valence electrons. The number of carbonyl (C=O) groups excluding carboxylic acids is 2. The number of hydrogen-bond donors (Lipinski definition) is 3. The Morgan fingerprint density at radius 2 is 1.86 bits per heavy atom. The van der Waals surface area contributed by atoms with E-state index in [4.69, 9.17) is 4.74 Å². The number of Topliss-reactive ketones (excluding diaryl/α,β-unsaturated/α-hetero) is 2. The largest absolute Gasteiger partial charge is 0.664 e. The standard InChI is InChI=1S/C36H43N2O5/c1-37-23-26-19-25(21-35(36(26)42)43-29-10-3-4-11-29)13-14-28(40)22-34(41)32-15-16-33-31(17-18-38-33)30(32)12-5-2-7-24-8-6-9-27(39)20-24/h6,8-9,15-21,29-30,32,37,39,42H,2-5,7,10-14,22-23H2,1H3/q-1/t30-,32-/m1/s1. The molecule has 1 fully saturated rings. The molecular weight excluding hydrogens is 540 g/mol. The average molecular weight is 584 g/mol. The van der Waals surface area contributed by atoms with Crippen molar-refractivity contribution < 1.29 is 24.5 Å². The van der Waals surface area contributed by atoms with E-state index in [1.165, 1.54) is 0 Å². The van der Waals surface area contributed by atoms with E-state index >= 15 is 0 Å². The van der Waals surface area contributed by atoms with Crippen molar-refractivity contribution in [1.82, 2.24) is 10.3 Å². The maximum Gasteiger partial charge on any atom is 0.162 e. The lowest BCUT2D eigenvalue weighted by Crippen LogP contribution is -2.25. The summed E-state index contributed by atoms with van der Waals surface area (Å²) < 4.78 is 6.15. The van der Waals surface area contributed by atoms with Gasteiger partial charge in [0.1, 0.15) is 17.3 Å². The molecule has 43 heavy (non-hydrogen) atoms. The second kappa shape index (κ2) is 14.6. The van der Waals surface area contributed by atoms with Crippen LogP contribution in [-0.4, -0.2) is 34.9 Å². The van der Waals surface area contributed by atoms with E-state index in [-0.39, 0.29) is 53.8 Å². The van der Waals surface area contributed by atoms with Gasteiger partial charge in [-0.15, -0.1) is 5.69 Å². The fourth-order valence-electron chi connectivity index (χ4n) is 6.56. The minimum atomic E-state index is -0.344. The number of ketones is 2.